The van der Waals surface area contributed by atoms with Crippen molar-refractivity contribution in [2.24, 2.45) is 5.92 Å². The minimum absolute atomic E-state index is 0.00679. The van der Waals surface area contributed by atoms with Crippen molar-refractivity contribution >= 4 is 0 Å². The molecule has 5 rings (SSSR count). The highest BCUT2D eigenvalue weighted by molar-refractivity contribution is 5.35. The van der Waals surface area contributed by atoms with Gasteiger partial charge >= 0.3 is 12.4 Å². The molecule has 2 saturated heterocycles. The van der Waals surface area contributed by atoms with E-state index in [9.17, 15) is 30.7 Å². The Bertz CT molecular complexity index is 1310. The molecule has 3 aromatic rings. The van der Waals surface area contributed by atoms with Gasteiger partial charge in [-0.05, 0) is 85.7 Å². The molecule has 3 aromatic carbocycles. The van der Waals surface area contributed by atoms with E-state index in [0.717, 1.165) is 37.9 Å². The van der Waals surface area contributed by atoms with Gasteiger partial charge in [0, 0.05) is 18.5 Å². The Morgan fingerprint density at radius 1 is 0.860 bits per heavy atom. The molecular formula is C33H34F7NO2. The van der Waals surface area contributed by atoms with E-state index in [0.29, 0.717) is 25.2 Å². The highest BCUT2D eigenvalue weighted by Gasteiger charge is 2.44. The molecule has 0 spiro atoms. The zero-order valence-corrected chi connectivity index (χ0v) is 23.7. The van der Waals surface area contributed by atoms with Gasteiger partial charge in [0.1, 0.15) is 5.82 Å². The van der Waals surface area contributed by atoms with Crippen molar-refractivity contribution in [3.63, 3.8) is 0 Å². The van der Waals surface area contributed by atoms with E-state index in [2.05, 4.69) is 17.0 Å². The summed E-state index contributed by atoms with van der Waals surface area (Å²) in [5.41, 5.74) is -1.14. The maximum atomic E-state index is 14.0. The smallest absolute Gasteiger partial charge is 0.352 e. The lowest BCUT2D eigenvalue weighted by molar-refractivity contribution is -0.215. The molecule has 0 aliphatic carbocycles. The van der Waals surface area contributed by atoms with E-state index in [1.165, 1.54) is 24.6 Å². The van der Waals surface area contributed by atoms with E-state index < -0.39 is 47.6 Å². The number of halogens is 7. The normalized spacial score (nSPS) is 24.6. The lowest BCUT2D eigenvalue weighted by Gasteiger charge is -2.48. The molecule has 2 fully saturated rings. The van der Waals surface area contributed by atoms with Gasteiger partial charge in [-0.25, -0.2) is 4.39 Å². The Kier molecular flexibility index (Phi) is 9.49. The van der Waals surface area contributed by atoms with Crippen LogP contribution in [0.2, 0.25) is 0 Å². The van der Waals surface area contributed by atoms with Crippen LogP contribution in [0.25, 0.3) is 0 Å². The van der Waals surface area contributed by atoms with Gasteiger partial charge in [0.15, 0.2) is 6.29 Å². The number of rotatable bonds is 7. The van der Waals surface area contributed by atoms with Crippen LogP contribution in [0.15, 0.2) is 72.8 Å². The Balaban J connectivity index is 1.47. The van der Waals surface area contributed by atoms with Gasteiger partial charge in [-0.15, -0.1) is 0 Å². The lowest BCUT2D eigenvalue weighted by atomic mass is 9.74. The number of hydrogen-bond acceptors (Lipinski definition) is 3. The zero-order chi connectivity index (χ0) is 30.8. The van der Waals surface area contributed by atoms with Crippen LogP contribution in [0, 0.1) is 11.7 Å². The van der Waals surface area contributed by atoms with E-state index in [-0.39, 0.29) is 23.6 Å². The summed E-state index contributed by atoms with van der Waals surface area (Å²) in [6, 6.07) is 17.7. The summed E-state index contributed by atoms with van der Waals surface area (Å²) < 4.78 is 108. The fourth-order valence-electron chi connectivity index (χ4n) is 6.46. The molecule has 0 amide bonds. The molecule has 10 heteroatoms. The molecule has 0 saturated carbocycles. The highest BCUT2D eigenvalue weighted by atomic mass is 19.4. The number of piperidine rings is 1. The van der Waals surface area contributed by atoms with Crippen molar-refractivity contribution in [2.75, 3.05) is 13.2 Å². The van der Waals surface area contributed by atoms with E-state index in [1.807, 2.05) is 18.2 Å². The molecule has 3 nitrogen and oxygen atoms in total. The van der Waals surface area contributed by atoms with Gasteiger partial charge in [0.25, 0.3) is 0 Å². The Hall–Kier alpha value is -2.95. The van der Waals surface area contributed by atoms with Crippen LogP contribution in [0.3, 0.4) is 0 Å². The summed E-state index contributed by atoms with van der Waals surface area (Å²) in [4.78, 5) is 2.44. The number of hydrogen-bond donors (Lipinski definition) is 0. The molecule has 2 aliphatic heterocycles. The van der Waals surface area contributed by atoms with Crippen LogP contribution in [0.1, 0.15) is 72.4 Å². The molecule has 232 valence electrons. The number of benzene rings is 3. The average molecular weight is 610 g/mol. The molecule has 43 heavy (non-hydrogen) atoms. The van der Waals surface area contributed by atoms with Crippen molar-refractivity contribution in [3.8, 4) is 0 Å². The third-order valence-electron chi connectivity index (χ3n) is 8.55. The van der Waals surface area contributed by atoms with Gasteiger partial charge in [0.2, 0.25) is 0 Å². The summed E-state index contributed by atoms with van der Waals surface area (Å²) in [6.07, 6.45) is -8.40. The summed E-state index contributed by atoms with van der Waals surface area (Å²) in [5, 5.41) is 0. The van der Waals surface area contributed by atoms with Crippen LogP contribution in [0.5, 0.6) is 0 Å². The molecule has 5 unspecified atom stereocenters. The first-order valence-corrected chi connectivity index (χ1v) is 14.5. The molecular weight excluding hydrogens is 575 g/mol. The first kappa shape index (κ1) is 31.5. The fraction of sp³-hybridized carbons (Fsp3) is 0.455. The third-order valence-corrected chi connectivity index (χ3v) is 8.55. The predicted molar refractivity (Wildman–Crippen MR) is 147 cm³/mol. The van der Waals surface area contributed by atoms with Gasteiger partial charge in [-0.3, -0.25) is 4.90 Å². The van der Waals surface area contributed by atoms with Crippen LogP contribution >= 0.6 is 0 Å². The second kappa shape index (κ2) is 13.0. The Morgan fingerprint density at radius 2 is 1.51 bits per heavy atom. The number of likely N-dealkylation sites (tertiary alicyclic amines) is 1. The van der Waals surface area contributed by atoms with Gasteiger partial charge < -0.3 is 9.47 Å². The van der Waals surface area contributed by atoms with Crippen molar-refractivity contribution in [2.45, 2.75) is 75.9 Å². The first-order chi connectivity index (χ1) is 20.4. The maximum Gasteiger partial charge on any atom is 0.416 e. The van der Waals surface area contributed by atoms with E-state index >= 15 is 0 Å². The quantitative estimate of drug-likeness (QED) is 0.250. The summed E-state index contributed by atoms with van der Waals surface area (Å²) in [6.45, 7) is 3.36. The number of ether oxygens (including phenoxy) is 2. The van der Waals surface area contributed by atoms with Gasteiger partial charge in [0.05, 0.1) is 23.8 Å². The Morgan fingerprint density at radius 3 is 2.14 bits per heavy atom. The van der Waals surface area contributed by atoms with Crippen LogP contribution in [-0.4, -0.2) is 30.4 Å². The Labute approximate surface area is 246 Å². The minimum Gasteiger partial charge on any atom is -0.352 e. The maximum absolute atomic E-state index is 14.0. The topological polar surface area (TPSA) is 21.7 Å². The molecule has 2 heterocycles. The lowest BCUT2D eigenvalue weighted by Crippen LogP contribution is -2.50. The largest absolute Gasteiger partial charge is 0.416 e. The van der Waals surface area contributed by atoms with Crippen molar-refractivity contribution in [3.05, 3.63) is 106 Å². The molecule has 0 bridgehead atoms. The van der Waals surface area contributed by atoms with Gasteiger partial charge in [-0.1, -0.05) is 48.9 Å². The van der Waals surface area contributed by atoms with E-state index in [4.69, 9.17) is 9.47 Å². The van der Waals surface area contributed by atoms with Crippen LogP contribution in [0.4, 0.5) is 30.7 Å². The SMILES string of the molecule is CC(OC1OCCC(C2CCCCN2Cc2ccccc2)C1c1ccc(F)cc1)c1cc(C(F)(F)F)cc(C(F)(F)F)c1. The summed E-state index contributed by atoms with van der Waals surface area (Å²) in [5.74, 6) is -0.853. The minimum atomic E-state index is -4.97. The summed E-state index contributed by atoms with van der Waals surface area (Å²) >= 11 is 0. The van der Waals surface area contributed by atoms with E-state index in [1.54, 1.807) is 12.1 Å². The van der Waals surface area contributed by atoms with Crippen molar-refractivity contribution in [1.29, 1.82) is 0 Å². The zero-order valence-electron chi connectivity index (χ0n) is 23.7. The third kappa shape index (κ3) is 7.59. The first-order valence-electron chi connectivity index (χ1n) is 14.5. The standard InChI is InChI=1S/C33H34F7NO2/c1-21(24-17-25(32(35,36)37)19-26(18-24)33(38,39)40)43-31-30(23-10-12-27(34)13-11-23)28(14-16-42-31)29-9-5-6-15-41(29)20-22-7-3-2-4-8-22/h2-4,7-8,10-13,17-19,21,28-31H,5-6,9,14-16,20H2,1H3. The number of alkyl halides is 6. The van der Waals surface area contributed by atoms with Crippen LogP contribution in [-0.2, 0) is 28.4 Å². The summed E-state index contributed by atoms with van der Waals surface area (Å²) in [7, 11) is 0. The predicted octanol–water partition coefficient (Wildman–Crippen LogP) is 9.14. The fourth-order valence-corrected chi connectivity index (χ4v) is 6.46. The highest BCUT2D eigenvalue weighted by Crippen LogP contribution is 2.45. The van der Waals surface area contributed by atoms with Crippen molar-refractivity contribution < 1.29 is 40.2 Å². The molecule has 2 aliphatic rings. The van der Waals surface area contributed by atoms with Crippen molar-refractivity contribution in [1.82, 2.24) is 4.90 Å². The molecule has 0 radical (unpaired) electrons. The van der Waals surface area contributed by atoms with Crippen LogP contribution < -0.4 is 0 Å². The second-order valence-corrected chi connectivity index (χ2v) is 11.4. The molecule has 5 atom stereocenters. The molecule has 0 aromatic heterocycles. The second-order valence-electron chi connectivity index (χ2n) is 11.4. The number of nitrogens with zero attached hydrogens (tertiary/aromatic N) is 1. The molecule has 0 N–H and O–H groups in total. The van der Waals surface area contributed by atoms with Gasteiger partial charge in [-0.2, -0.15) is 26.3 Å². The monoisotopic (exact) mass is 609 g/mol. The average Bonchev–Trinajstić information content (AvgIpc) is 2.97.